The maximum absolute atomic E-state index is 12.7. The van der Waals surface area contributed by atoms with Gasteiger partial charge in [-0.3, -0.25) is 9.59 Å². The summed E-state index contributed by atoms with van der Waals surface area (Å²) in [5.74, 6) is 0.510. The molecule has 3 N–H and O–H groups in total. The number of benzene rings is 2. The number of rotatable bonds is 8. The van der Waals surface area contributed by atoms with Gasteiger partial charge in [-0.1, -0.05) is 22.0 Å². The standard InChI is InChI=1S/C20H23BrN2O6/c1-11(21)19(25)23-15-7-12(5-6-13(15)10-24)20(26)22-14-8-16(27-2)18(29-4)17(9-14)28-3/h5-9,11,24H,10H2,1-4H3,(H,22,26)(H,23,25). The minimum absolute atomic E-state index is 0.277. The van der Waals surface area contributed by atoms with E-state index in [0.29, 0.717) is 39.8 Å². The van der Waals surface area contributed by atoms with Gasteiger partial charge in [-0.25, -0.2) is 0 Å². The van der Waals surface area contributed by atoms with Gasteiger partial charge >= 0.3 is 0 Å². The van der Waals surface area contributed by atoms with E-state index in [4.69, 9.17) is 14.2 Å². The SMILES string of the molecule is COc1cc(NC(=O)c2ccc(CO)c(NC(=O)C(C)Br)c2)cc(OC)c1OC. The van der Waals surface area contributed by atoms with Crippen molar-refractivity contribution in [2.24, 2.45) is 0 Å². The Morgan fingerprint density at radius 1 is 1.03 bits per heavy atom. The van der Waals surface area contributed by atoms with E-state index in [1.54, 1.807) is 31.2 Å². The van der Waals surface area contributed by atoms with Crippen LogP contribution < -0.4 is 24.8 Å². The molecule has 0 aliphatic carbocycles. The summed E-state index contributed by atoms with van der Waals surface area (Å²) in [4.78, 5) is 24.3. The Labute approximate surface area is 177 Å². The molecular weight excluding hydrogens is 444 g/mol. The molecule has 0 heterocycles. The Morgan fingerprint density at radius 2 is 1.66 bits per heavy atom. The summed E-state index contributed by atoms with van der Waals surface area (Å²) < 4.78 is 15.8. The van der Waals surface area contributed by atoms with E-state index in [-0.39, 0.29) is 12.5 Å². The molecule has 29 heavy (non-hydrogen) atoms. The van der Waals surface area contributed by atoms with Crippen molar-refractivity contribution in [3.05, 3.63) is 41.5 Å². The highest BCUT2D eigenvalue weighted by atomic mass is 79.9. The number of aliphatic hydroxyl groups excluding tert-OH is 1. The number of aliphatic hydroxyl groups is 1. The van der Waals surface area contributed by atoms with Crippen molar-refractivity contribution in [3.63, 3.8) is 0 Å². The van der Waals surface area contributed by atoms with Crippen molar-refractivity contribution < 1.29 is 28.9 Å². The van der Waals surface area contributed by atoms with Crippen LogP contribution in [0.5, 0.6) is 17.2 Å². The minimum atomic E-state index is -0.425. The van der Waals surface area contributed by atoms with Crippen LogP contribution >= 0.6 is 15.9 Å². The van der Waals surface area contributed by atoms with Crippen molar-refractivity contribution in [3.8, 4) is 17.2 Å². The Morgan fingerprint density at radius 3 is 2.14 bits per heavy atom. The van der Waals surface area contributed by atoms with Crippen LogP contribution in [0.1, 0.15) is 22.8 Å². The molecular formula is C20H23BrN2O6. The number of amides is 2. The van der Waals surface area contributed by atoms with Gasteiger partial charge in [-0.05, 0) is 19.1 Å². The van der Waals surface area contributed by atoms with Gasteiger partial charge in [0.15, 0.2) is 11.5 Å². The zero-order chi connectivity index (χ0) is 21.6. The number of hydrogen-bond acceptors (Lipinski definition) is 6. The number of hydrogen-bond donors (Lipinski definition) is 3. The molecule has 0 spiro atoms. The average molecular weight is 467 g/mol. The van der Waals surface area contributed by atoms with Gasteiger partial charge in [0.05, 0.1) is 32.8 Å². The zero-order valence-corrected chi connectivity index (χ0v) is 18.1. The molecule has 0 aromatic heterocycles. The topological polar surface area (TPSA) is 106 Å². The molecule has 8 nitrogen and oxygen atoms in total. The highest BCUT2D eigenvalue weighted by Gasteiger charge is 2.17. The Bertz CT molecular complexity index is 876. The van der Waals surface area contributed by atoms with Crippen molar-refractivity contribution in [2.75, 3.05) is 32.0 Å². The van der Waals surface area contributed by atoms with Crippen LogP contribution in [0.3, 0.4) is 0 Å². The molecule has 2 rings (SSSR count). The average Bonchev–Trinajstić information content (AvgIpc) is 2.72. The minimum Gasteiger partial charge on any atom is -0.493 e. The van der Waals surface area contributed by atoms with Crippen LogP contribution in [0, 0.1) is 0 Å². The van der Waals surface area contributed by atoms with Gasteiger partial charge < -0.3 is 30.0 Å². The van der Waals surface area contributed by atoms with Crippen molar-refractivity contribution in [2.45, 2.75) is 18.4 Å². The number of ether oxygens (including phenoxy) is 3. The van der Waals surface area contributed by atoms with Gasteiger partial charge in [0, 0.05) is 34.6 Å². The second-order valence-corrected chi connectivity index (χ2v) is 7.38. The molecule has 2 aromatic rings. The molecule has 0 aliphatic heterocycles. The van der Waals surface area contributed by atoms with Crippen molar-refractivity contribution in [1.82, 2.24) is 0 Å². The van der Waals surface area contributed by atoms with E-state index < -0.39 is 10.7 Å². The Kier molecular flexibility index (Phi) is 7.86. The first-order chi connectivity index (χ1) is 13.8. The zero-order valence-electron chi connectivity index (χ0n) is 16.5. The van der Waals surface area contributed by atoms with E-state index in [1.165, 1.54) is 27.4 Å². The van der Waals surface area contributed by atoms with Crippen LogP contribution in [-0.2, 0) is 11.4 Å². The van der Waals surface area contributed by atoms with E-state index in [0.717, 1.165) is 0 Å². The molecule has 9 heteroatoms. The number of alkyl halides is 1. The molecule has 0 bridgehead atoms. The molecule has 1 atom stereocenters. The number of halogens is 1. The first-order valence-electron chi connectivity index (χ1n) is 8.64. The molecule has 0 saturated heterocycles. The van der Waals surface area contributed by atoms with E-state index in [2.05, 4.69) is 26.6 Å². The lowest BCUT2D eigenvalue weighted by atomic mass is 10.1. The quantitative estimate of drug-likeness (QED) is 0.515. The third kappa shape index (κ3) is 5.39. The van der Waals surface area contributed by atoms with Crippen LogP contribution in [-0.4, -0.2) is 43.1 Å². The first kappa shape index (κ1) is 22.5. The van der Waals surface area contributed by atoms with Crippen LogP contribution in [0.2, 0.25) is 0 Å². The van der Waals surface area contributed by atoms with Gasteiger partial charge in [-0.2, -0.15) is 0 Å². The second-order valence-electron chi connectivity index (χ2n) is 6.00. The van der Waals surface area contributed by atoms with Crippen molar-refractivity contribution >= 4 is 39.1 Å². The third-order valence-electron chi connectivity index (χ3n) is 4.08. The van der Waals surface area contributed by atoms with Gasteiger partial charge in [0.25, 0.3) is 5.91 Å². The predicted molar refractivity (Wildman–Crippen MR) is 113 cm³/mol. The fourth-order valence-corrected chi connectivity index (χ4v) is 2.68. The summed E-state index contributed by atoms with van der Waals surface area (Å²) in [6.45, 7) is 1.40. The molecule has 1 unspecified atom stereocenters. The van der Waals surface area contributed by atoms with Crippen LogP contribution in [0.15, 0.2) is 30.3 Å². The second kappa shape index (κ2) is 10.1. The molecule has 0 saturated carbocycles. The highest BCUT2D eigenvalue weighted by molar-refractivity contribution is 9.10. The van der Waals surface area contributed by atoms with Crippen LogP contribution in [0.25, 0.3) is 0 Å². The van der Waals surface area contributed by atoms with E-state index >= 15 is 0 Å². The van der Waals surface area contributed by atoms with E-state index in [9.17, 15) is 14.7 Å². The maximum atomic E-state index is 12.7. The molecule has 0 fully saturated rings. The molecule has 0 aliphatic rings. The number of methoxy groups -OCH3 is 3. The number of anilines is 2. The summed E-state index contributed by atoms with van der Waals surface area (Å²) >= 11 is 3.19. The summed E-state index contributed by atoms with van der Waals surface area (Å²) in [7, 11) is 4.46. The Hall–Kier alpha value is -2.78. The van der Waals surface area contributed by atoms with Crippen LogP contribution in [0.4, 0.5) is 11.4 Å². The smallest absolute Gasteiger partial charge is 0.255 e. The van der Waals surface area contributed by atoms with E-state index in [1.807, 2.05) is 0 Å². The fourth-order valence-electron chi connectivity index (χ4n) is 2.56. The molecule has 0 radical (unpaired) electrons. The largest absolute Gasteiger partial charge is 0.493 e. The fraction of sp³-hybridized carbons (Fsp3) is 0.300. The molecule has 2 aromatic carbocycles. The third-order valence-corrected chi connectivity index (χ3v) is 4.50. The highest BCUT2D eigenvalue weighted by Crippen LogP contribution is 2.40. The number of carbonyl (C=O) groups excluding carboxylic acids is 2. The normalized spacial score (nSPS) is 11.4. The van der Waals surface area contributed by atoms with Gasteiger partial charge in [-0.15, -0.1) is 0 Å². The number of carbonyl (C=O) groups is 2. The van der Waals surface area contributed by atoms with Gasteiger partial charge in [0.1, 0.15) is 0 Å². The van der Waals surface area contributed by atoms with Gasteiger partial charge in [0.2, 0.25) is 11.7 Å². The number of nitrogens with one attached hydrogen (secondary N) is 2. The lowest BCUT2D eigenvalue weighted by Gasteiger charge is -2.15. The van der Waals surface area contributed by atoms with Crippen molar-refractivity contribution in [1.29, 1.82) is 0 Å². The first-order valence-corrected chi connectivity index (χ1v) is 9.56. The summed E-state index contributed by atoms with van der Waals surface area (Å²) in [5.41, 5.74) is 1.60. The predicted octanol–water partition coefficient (Wildman–Crippen LogP) is 3.18. The maximum Gasteiger partial charge on any atom is 0.255 e. The summed E-state index contributed by atoms with van der Waals surface area (Å²) in [6, 6.07) is 7.87. The Balaban J connectivity index is 2.32. The molecule has 156 valence electrons. The summed E-state index contributed by atoms with van der Waals surface area (Å²) in [5, 5.41) is 14.9. The monoisotopic (exact) mass is 466 g/mol. The summed E-state index contributed by atoms with van der Waals surface area (Å²) in [6.07, 6.45) is 0. The molecule has 2 amide bonds. The lowest BCUT2D eigenvalue weighted by molar-refractivity contribution is -0.115. The lowest BCUT2D eigenvalue weighted by Crippen LogP contribution is -2.21.